The first kappa shape index (κ1) is 16.2. The van der Waals surface area contributed by atoms with Crippen LogP contribution in [0.5, 0.6) is 0 Å². The first-order valence-electron chi connectivity index (χ1n) is 8.36. The first-order chi connectivity index (χ1) is 11.1. The minimum Gasteiger partial charge on any atom is -0.327 e. The van der Waals surface area contributed by atoms with Crippen molar-refractivity contribution < 1.29 is 4.39 Å². The standard InChI is InChI=1S/C20H25FN2/c1-15-2-4-16(5-3-15)10-18-11-20(22)14-23(13-18)12-17-6-8-19(21)9-7-17/h2-9,18,20H,10-14,22H2,1H3. The summed E-state index contributed by atoms with van der Waals surface area (Å²) in [6, 6.07) is 15.8. The van der Waals surface area contributed by atoms with Crippen LogP contribution in [0.25, 0.3) is 0 Å². The maximum absolute atomic E-state index is 13.0. The molecule has 2 unspecified atom stereocenters. The summed E-state index contributed by atoms with van der Waals surface area (Å²) in [5.41, 5.74) is 10.1. The lowest BCUT2D eigenvalue weighted by Crippen LogP contribution is -2.47. The van der Waals surface area contributed by atoms with Crippen LogP contribution < -0.4 is 5.73 Å². The molecule has 3 heteroatoms. The molecule has 1 fully saturated rings. The zero-order valence-corrected chi connectivity index (χ0v) is 13.7. The lowest BCUT2D eigenvalue weighted by Gasteiger charge is -2.36. The Morgan fingerprint density at radius 1 is 1.00 bits per heavy atom. The molecule has 0 aromatic heterocycles. The summed E-state index contributed by atoms with van der Waals surface area (Å²) in [7, 11) is 0. The first-order valence-corrected chi connectivity index (χ1v) is 8.36. The second-order valence-corrected chi connectivity index (χ2v) is 6.87. The van der Waals surface area contributed by atoms with Gasteiger partial charge in [0.1, 0.15) is 5.82 Å². The molecule has 2 atom stereocenters. The minimum atomic E-state index is -0.179. The Morgan fingerprint density at radius 2 is 1.65 bits per heavy atom. The molecule has 122 valence electrons. The lowest BCUT2D eigenvalue weighted by atomic mass is 9.88. The average molecular weight is 312 g/mol. The van der Waals surface area contributed by atoms with Crippen LogP contribution >= 0.6 is 0 Å². The molecule has 1 aliphatic heterocycles. The van der Waals surface area contributed by atoms with E-state index >= 15 is 0 Å². The van der Waals surface area contributed by atoms with E-state index in [4.69, 9.17) is 5.73 Å². The Kier molecular flexibility index (Phi) is 5.09. The van der Waals surface area contributed by atoms with Crippen molar-refractivity contribution in [3.63, 3.8) is 0 Å². The molecule has 2 aromatic carbocycles. The fourth-order valence-corrected chi connectivity index (χ4v) is 3.53. The van der Waals surface area contributed by atoms with Gasteiger partial charge in [-0.3, -0.25) is 4.90 Å². The van der Waals surface area contributed by atoms with Crippen LogP contribution in [0.4, 0.5) is 4.39 Å². The zero-order chi connectivity index (χ0) is 16.2. The van der Waals surface area contributed by atoms with Crippen molar-refractivity contribution in [2.24, 2.45) is 11.7 Å². The summed E-state index contributed by atoms with van der Waals surface area (Å²) < 4.78 is 13.0. The van der Waals surface area contributed by atoms with Crippen molar-refractivity contribution in [3.8, 4) is 0 Å². The molecule has 0 aliphatic carbocycles. The number of rotatable bonds is 4. The topological polar surface area (TPSA) is 29.3 Å². The number of piperidine rings is 1. The van der Waals surface area contributed by atoms with Crippen molar-refractivity contribution in [1.82, 2.24) is 4.90 Å². The Hall–Kier alpha value is -1.71. The molecule has 3 rings (SSSR count). The fraction of sp³-hybridized carbons (Fsp3) is 0.400. The van der Waals surface area contributed by atoms with E-state index in [1.54, 1.807) is 0 Å². The fourth-order valence-electron chi connectivity index (χ4n) is 3.53. The van der Waals surface area contributed by atoms with E-state index in [1.165, 1.54) is 23.3 Å². The second-order valence-electron chi connectivity index (χ2n) is 6.87. The summed E-state index contributed by atoms with van der Waals surface area (Å²) >= 11 is 0. The molecule has 2 aromatic rings. The molecule has 2 nitrogen and oxygen atoms in total. The Balaban J connectivity index is 1.62. The maximum Gasteiger partial charge on any atom is 0.123 e. The normalized spacial score (nSPS) is 22.2. The summed E-state index contributed by atoms with van der Waals surface area (Å²) in [6.07, 6.45) is 2.15. The molecule has 0 saturated carbocycles. The van der Waals surface area contributed by atoms with Gasteiger partial charge in [0, 0.05) is 25.7 Å². The largest absolute Gasteiger partial charge is 0.327 e. The number of hydrogen-bond acceptors (Lipinski definition) is 2. The number of halogens is 1. The predicted molar refractivity (Wildman–Crippen MR) is 92.6 cm³/mol. The van der Waals surface area contributed by atoms with Crippen LogP contribution in [-0.4, -0.2) is 24.0 Å². The smallest absolute Gasteiger partial charge is 0.123 e. The van der Waals surface area contributed by atoms with Gasteiger partial charge in [-0.2, -0.15) is 0 Å². The molecule has 0 radical (unpaired) electrons. The van der Waals surface area contributed by atoms with E-state index < -0.39 is 0 Å². The molecular formula is C20H25FN2. The molecule has 0 amide bonds. The van der Waals surface area contributed by atoms with Gasteiger partial charge < -0.3 is 5.73 Å². The van der Waals surface area contributed by atoms with Gasteiger partial charge in [-0.15, -0.1) is 0 Å². The quantitative estimate of drug-likeness (QED) is 0.936. The number of hydrogen-bond donors (Lipinski definition) is 1. The van der Waals surface area contributed by atoms with E-state index in [0.717, 1.165) is 38.0 Å². The van der Waals surface area contributed by atoms with Crippen molar-refractivity contribution in [3.05, 3.63) is 71.0 Å². The summed E-state index contributed by atoms with van der Waals surface area (Å²) in [5, 5.41) is 0. The molecule has 1 heterocycles. The van der Waals surface area contributed by atoms with Crippen molar-refractivity contribution >= 4 is 0 Å². The third-order valence-electron chi connectivity index (χ3n) is 4.61. The van der Waals surface area contributed by atoms with Gasteiger partial charge in [-0.05, 0) is 48.9 Å². The lowest BCUT2D eigenvalue weighted by molar-refractivity contribution is 0.149. The van der Waals surface area contributed by atoms with Gasteiger partial charge in [0.05, 0.1) is 0 Å². The Labute approximate surface area is 138 Å². The van der Waals surface area contributed by atoms with Crippen molar-refractivity contribution in [2.45, 2.75) is 32.4 Å². The summed E-state index contributed by atoms with van der Waals surface area (Å²) in [5.74, 6) is 0.406. The van der Waals surface area contributed by atoms with Gasteiger partial charge in [0.25, 0.3) is 0 Å². The van der Waals surface area contributed by atoms with Crippen LogP contribution in [0.2, 0.25) is 0 Å². The van der Waals surface area contributed by atoms with E-state index in [1.807, 2.05) is 12.1 Å². The highest BCUT2D eigenvalue weighted by Crippen LogP contribution is 2.22. The SMILES string of the molecule is Cc1ccc(CC2CC(N)CN(Cc3ccc(F)cc3)C2)cc1. The van der Waals surface area contributed by atoms with Crippen LogP contribution in [0.1, 0.15) is 23.1 Å². The number of aryl methyl sites for hydroxylation is 1. The highest BCUT2D eigenvalue weighted by atomic mass is 19.1. The van der Waals surface area contributed by atoms with Crippen LogP contribution in [0, 0.1) is 18.7 Å². The van der Waals surface area contributed by atoms with Crippen molar-refractivity contribution in [2.75, 3.05) is 13.1 Å². The third kappa shape index (κ3) is 4.63. The van der Waals surface area contributed by atoms with E-state index in [9.17, 15) is 4.39 Å². The molecule has 0 bridgehead atoms. The number of nitrogens with two attached hydrogens (primary N) is 1. The van der Waals surface area contributed by atoms with Gasteiger partial charge in [-0.1, -0.05) is 42.0 Å². The molecule has 1 saturated heterocycles. The third-order valence-corrected chi connectivity index (χ3v) is 4.61. The number of benzene rings is 2. The van der Waals surface area contributed by atoms with Gasteiger partial charge in [0.2, 0.25) is 0 Å². The second kappa shape index (κ2) is 7.24. The molecule has 0 spiro atoms. The highest BCUT2D eigenvalue weighted by Gasteiger charge is 2.25. The van der Waals surface area contributed by atoms with Crippen LogP contribution in [0.3, 0.4) is 0 Å². The molecular weight excluding hydrogens is 287 g/mol. The number of likely N-dealkylation sites (tertiary alicyclic amines) is 1. The van der Waals surface area contributed by atoms with E-state index in [0.29, 0.717) is 5.92 Å². The zero-order valence-electron chi connectivity index (χ0n) is 13.7. The highest BCUT2D eigenvalue weighted by molar-refractivity contribution is 5.22. The van der Waals surface area contributed by atoms with E-state index in [2.05, 4.69) is 36.1 Å². The van der Waals surface area contributed by atoms with Gasteiger partial charge >= 0.3 is 0 Å². The Bertz CT molecular complexity index is 566. The maximum atomic E-state index is 13.0. The number of nitrogens with zero attached hydrogens (tertiary/aromatic N) is 1. The van der Waals surface area contributed by atoms with Gasteiger partial charge in [0.15, 0.2) is 0 Å². The molecule has 2 N–H and O–H groups in total. The molecule has 23 heavy (non-hydrogen) atoms. The van der Waals surface area contributed by atoms with Crippen molar-refractivity contribution in [1.29, 1.82) is 0 Å². The Morgan fingerprint density at radius 3 is 2.35 bits per heavy atom. The summed E-state index contributed by atoms with van der Waals surface area (Å²) in [4.78, 5) is 2.40. The predicted octanol–water partition coefficient (Wildman–Crippen LogP) is 3.53. The van der Waals surface area contributed by atoms with Crippen LogP contribution in [0.15, 0.2) is 48.5 Å². The van der Waals surface area contributed by atoms with E-state index in [-0.39, 0.29) is 11.9 Å². The minimum absolute atomic E-state index is 0.179. The van der Waals surface area contributed by atoms with Gasteiger partial charge in [-0.25, -0.2) is 4.39 Å². The average Bonchev–Trinajstić information content (AvgIpc) is 2.51. The summed E-state index contributed by atoms with van der Waals surface area (Å²) in [6.45, 7) is 4.93. The monoisotopic (exact) mass is 312 g/mol. The molecule has 1 aliphatic rings. The van der Waals surface area contributed by atoms with Crippen LogP contribution in [-0.2, 0) is 13.0 Å².